The fraction of sp³-hybridized carbons (Fsp3) is 0.250. The minimum atomic E-state index is -0.236. The van der Waals surface area contributed by atoms with E-state index in [0.717, 1.165) is 5.56 Å². The Morgan fingerprint density at radius 3 is 2.14 bits per heavy atom. The van der Waals surface area contributed by atoms with Gasteiger partial charge in [0.1, 0.15) is 0 Å². The van der Waals surface area contributed by atoms with Crippen LogP contribution in [-0.4, -0.2) is 42.3 Å². The van der Waals surface area contributed by atoms with E-state index in [1.165, 1.54) is 0 Å². The molecule has 3 rings (SSSR count). The summed E-state index contributed by atoms with van der Waals surface area (Å²) in [5, 5.41) is 8.85. The maximum absolute atomic E-state index is 12.7. The van der Waals surface area contributed by atoms with E-state index in [1.54, 1.807) is 53.4 Å². The highest BCUT2D eigenvalue weighted by Crippen LogP contribution is 2.15. The van der Waals surface area contributed by atoms with Gasteiger partial charge in [-0.15, -0.1) is 0 Å². The Kier molecular flexibility index (Phi) is 9.01. The van der Waals surface area contributed by atoms with E-state index in [4.69, 9.17) is 0 Å². The largest absolute Gasteiger partial charge is 0.376 e. The number of anilines is 2. The predicted octanol–water partition coefficient (Wildman–Crippen LogP) is 4.71. The summed E-state index contributed by atoms with van der Waals surface area (Å²) in [5.74, 6) is -0.453. The van der Waals surface area contributed by atoms with Crippen molar-refractivity contribution >= 4 is 29.1 Å². The molecule has 0 aliphatic rings. The van der Waals surface area contributed by atoms with E-state index in [9.17, 15) is 14.4 Å². The lowest BCUT2D eigenvalue weighted by Crippen LogP contribution is -2.30. The Balaban J connectivity index is 1.52. The van der Waals surface area contributed by atoms with Crippen LogP contribution in [0.1, 0.15) is 53.1 Å². The molecule has 3 aromatic rings. The van der Waals surface area contributed by atoms with Gasteiger partial charge in [-0.3, -0.25) is 14.4 Å². The van der Waals surface area contributed by atoms with Crippen LogP contribution in [0.15, 0.2) is 78.9 Å². The molecule has 0 aliphatic heterocycles. The topological polar surface area (TPSA) is 90.5 Å². The standard InChI is InChI=1S/C28H32N4O3/c1-4-32(5-2)28(35)22-14-16-24(17-15-22)31-26(33)19-29-25-13-9-12-23(18-25)27(34)30-20(3)21-10-7-6-8-11-21/h6-18,20,29H,4-5,19H2,1-3H3,(H,30,34)(H,31,33). The van der Waals surface area contributed by atoms with Crippen molar-refractivity contribution in [2.45, 2.75) is 26.8 Å². The first-order chi connectivity index (χ1) is 16.9. The third-order valence-electron chi connectivity index (χ3n) is 5.69. The molecule has 7 heteroatoms. The van der Waals surface area contributed by atoms with Crippen molar-refractivity contribution in [1.82, 2.24) is 10.2 Å². The van der Waals surface area contributed by atoms with Gasteiger partial charge in [-0.1, -0.05) is 36.4 Å². The summed E-state index contributed by atoms with van der Waals surface area (Å²) < 4.78 is 0. The van der Waals surface area contributed by atoms with Gasteiger partial charge >= 0.3 is 0 Å². The Bertz CT molecular complexity index is 1140. The summed E-state index contributed by atoms with van der Waals surface area (Å²) in [6.45, 7) is 7.15. The number of hydrogen-bond acceptors (Lipinski definition) is 4. The van der Waals surface area contributed by atoms with E-state index in [-0.39, 0.29) is 30.3 Å². The van der Waals surface area contributed by atoms with Crippen LogP contribution in [0.25, 0.3) is 0 Å². The molecule has 7 nitrogen and oxygen atoms in total. The number of benzene rings is 3. The van der Waals surface area contributed by atoms with Gasteiger partial charge in [0.2, 0.25) is 5.91 Å². The van der Waals surface area contributed by atoms with Crippen molar-refractivity contribution < 1.29 is 14.4 Å². The van der Waals surface area contributed by atoms with Gasteiger partial charge in [-0.05, 0) is 68.8 Å². The molecule has 35 heavy (non-hydrogen) atoms. The van der Waals surface area contributed by atoms with Crippen LogP contribution in [0, 0.1) is 0 Å². The number of rotatable bonds is 10. The van der Waals surface area contributed by atoms with Gasteiger partial charge in [0.15, 0.2) is 0 Å². The third-order valence-corrected chi connectivity index (χ3v) is 5.69. The van der Waals surface area contributed by atoms with Gasteiger partial charge in [0, 0.05) is 35.6 Å². The maximum Gasteiger partial charge on any atom is 0.253 e. The zero-order valence-electron chi connectivity index (χ0n) is 20.4. The molecular formula is C28H32N4O3. The molecule has 1 atom stereocenters. The van der Waals surface area contributed by atoms with Crippen LogP contribution in [-0.2, 0) is 4.79 Å². The number of nitrogens with zero attached hydrogens (tertiary/aromatic N) is 1. The van der Waals surface area contributed by atoms with E-state index >= 15 is 0 Å². The van der Waals surface area contributed by atoms with Gasteiger partial charge in [-0.25, -0.2) is 0 Å². The highest BCUT2D eigenvalue weighted by atomic mass is 16.2. The molecule has 1 unspecified atom stereocenters. The molecule has 0 aliphatic carbocycles. The molecule has 3 N–H and O–H groups in total. The van der Waals surface area contributed by atoms with Crippen molar-refractivity contribution in [2.24, 2.45) is 0 Å². The van der Waals surface area contributed by atoms with Crippen LogP contribution in [0.2, 0.25) is 0 Å². The molecule has 0 saturated heterocycles. The fourth-order valence-corrected chi connectivity index (χ4v) is 3.65. The molecule has 0 aromatic heterocycles. The molecule has 0 spiro atoms. The monoisotopic (exact) mass is 472 g/mol. The van der Waals surface area contributed by atoms with Crippen molar-refractivity contribution in [1.29, 1.82) is 0 Å². The quantitative estimate of drug-likeness (QED) is 0.399. The van der Waals surface area contributed by atoms with Gasteiger partial charge in [-0.2, -0.15) is 0 Å². The summed E-state index contributed by atoms with van der Waals surface area (Å²) in [4.78, 5) is 39.2. The number of carbonyl (C=O) groups is 3. The van der Waals surface area contributed by atoms with Crippen LogP contribution >= 0.6 is 0 Å². The van der Waals surface area contributed by atoms with Crippen LogP contribution in [0.4, 0.5) is 11.4 Å². The SMILES string of the molecule is CCN(CC)C(=O)c1ccc(NC(=O)CNc2cccc(C(=O)NC(C)c3ccccc3)c2)cc1. The molecule has 3 amide bonds. The third kappa shape index (κ3) is 7.17. The molecule has 0 radical (unpaired) electrons. The van der Waals surface area contributed by atoms with Gasteiger partial charge in [0.25, 0.3) is 11.8 Å². The molecule has 3 aromatic carbocycles. The highest BCUT2D eigenvalue weighted by molar-refractivity contribution is 5.97. The van der Waals surface area contributed by atoms with Gasteiger partial charge in [0.05, 0.1) is 12.6 Å². The van der Waals surface area contributed by atoms with Crippen molar-refractivity contribution in [3.63, 3.8) is 0 Å². The van der Waals surface area contributed by atoms with E-state index in [2.05, 4.69) is 16.0 Å². The van der Waals surface area contributed by atoms with Crippen LogP contribution in [0.3, 0.4) is 0 Å². The van der Waals surface area contributed by atoms with E-state index < -0.39 is 0 Å². The summed E-state index contributed by atoms with van der Waals surface area (Å²) in [6, 6.07) is 23.5. The molecular weight excluding hydrogens is 440 g/mol. The average Bonchev–Trinajstić information content (AvgIpc) is 2.89. The Morgan fingerprint density at radius 2 is 1.49 bits per heavy atom. The number of hydrogen-bond donors (Lipinski definition) is 3. The number of amides is 3. The molecule has 0 heterocycles. The minimum absolute atomic E-state index is 0.0309. The first kappa shape index (κ1) is 25.5. The number of nitrogens with one attached hydrogen (secondary N) is 3. The summed E-state index contributed by atoms with van der Waals surface area (Å²) >= 11 is 0. The highest BCUT2D eigenvalue weighted by Gasteiger charge is 2.13. The summed E-state index contributed by atoms with van der Waals surface area (Å²) in [5.41, 5.74) is 3.39. The van der Waals surface area contributed by atoms with Crippen molar-refractivity contribution in [3.8, 4) is 0 Å². The van der Waals surface area contributed by atoms with E-state index in [1.807, 2.05) is 51.1 Å². The normalized spacial score (nSPS) is 11.3. The van der Waals surface area contributed by atoms with Gasteiger partial charge < -0.3 is 20.9 Å². The molecule has 0 bridgehead atoms. The lowest BCUT2D eigenvalue weighted by atomic mass is 10.1. The molecule has 0 saturated carbocycles. The number of carbonyl (C=O) groups excluding carboxylic acids is 3. The second-order valence-electron chi connectivity index (χ2n) is 8.14. The first-order valence-corrected chi connectivity index (χ1v) is 11.8. The first-order valence-electron chi connectivity index (χ1n) is 11.8. The van der Waals surface area contributed by atoms with Crippen molar-refractivity contribution in [2.75, 3.05) is 30.3 Å². The second-order valence-corrected chi connectivity index (χ2v) is 8.14. The minimum Gasteiger partial charge on any atom is -0.376 e. The molecule has 0 fully saturated rings. The fourth-order valence-electron chi connectivity index (χ4n) is 3.65. The summed E-state index contributed by atoms with van der Waals surface area (Å²) in [6.07, 6.45) is 0. The molecule has 182 valence electrons. The Hall–Kier alpha value is -4.13. The van der Waals surface area contributed by atoms with Crippen LogP contribution in [0.5, 0.6) is 0 Å². The van der Waals surface area contributed by atoms with Crippen LogP contribution < -0.4 is 16.0 Å². The summed E-state index contributed by atoms with van der Waals surface area (Å²) in [7, 11) is 0. The predicted molar refractivity (Wildman–Crippen MR) is 140 cm³/mol. The Morgan fingerprint density at radius 1 is 0.800 bits per heavy atom. The zero-order chi connectivity index (χ0) is 25.2. The smallest absolute Gasteiger partial charge is 0.253 e. The average molecular weight is 473 g/mol. The lowest BCUT2D eigenvalue weighted by Gasteiger charge is -2.18. The Labute approximate surface area is 206 Å². The zero-order valence-corrected chi connectivity index (χ0v) is 20.4. The van der Waals surface area contributed by atoms with E-state index in [0.29, 0.717) is 35.6 Å². The van der Waals surface area contributed by atoms with Crippen molar-refractivity contribution in [3.05, 3.63) is 95.6 Å². The maximum atomic E-state index is 12.7. The second kappa shape index (κ2) is 12.4. The lowest BCUT2D eigenvalue weighted by molar-refractivity contribution is -0.114.